The van der Waals surface area contributed by atoms with Crippen molar-refractivity contribution in [3.05, 3.63) is 59.7 Å². The average Bonchev–Trinajstić information content (AvgIpc) is 2.94. The third kappa shape index (κ3) is 14.4. The minimum atomic E-state index is -0.218. The summed E-state index contributed by atoms with van der Waals surface area (Å²) in [6, 6.07) is 15.8. The van der Waals surface area contributed by atoms with E-state index in [2.05, 4.69) is 59.4 Å². The average molecular weight is 527 g/mol. The monoisotopic (exact) mass is 526 g/mol. The molecule has 0 aliphatic carbocycles. The number of carbonyl (C=O) groups excluding carboxylic acids is 2. The Labute approximate surface area is 228 Å². The SMILES string of the molecule is CCCCc1ccc(OCCNC(=O)NCCCCNC(=O)NCCOc2ccc(CCCC)cc2)cc1. The minimum absolute atomic E-state index is 0.218. The number of nitrogens with one attached hydrogen (secondary N) is 4. The van der Waals surface area contributed by atoms with Crippen LogP contribution >= 0.6 is 0 Å². The molecule has 38 heavy (non-hydrogen) atoms. The number of hydrogen-bond acceptors (Lipinski definition) is 4. The van der Waals surface area contributed by atoms with Gasteiger partial charge in [0.2, 0.25) is 0 Å². The molecule has 0 unspecified atom stereocenters. The molecule has 0 aromatic heterocycles. The fourth-order valence-electron chi connectivity index (χ4n) is 3.71. The van der Waals surface area contributed by atoms with Gasteiger partial charge in [-0.25, -0.2) is 9.59 Å². The second-order valence-electron chi connectivity index (χ2n) is 9.26. The predicted molar refractivity (Wildman–Crippen MR) is 153 cm³/mol. The van der Waals surface area contributed by atoms with E-state index in [1.54, 1.807) is 0 Å². The molecule has 0 heterocycles. The summed E-state index contributed by atoms with van der Waals surface area (Å²) < 4.78 is 11.3. The maximum absolute atomic E-state index is 11.9. The normalized spacial score (nSPS) is 10.5. The molecule has 0 aliphatic heterocycles. The molecule has 4 N–H and O–H groups in total. The molecule has 4 amide bonds. The van der Waals surface area contributed by atoms with Crippen molar-refractivity contribution in [3.8, 4) is 11.5 Å². The van der Waals surface area contributed by atoms with Gasteiger partial charge in [0.1, 0.15) is 24.7 Å². The fourth-order valence-corrected chi connectivity index (χ4v) is 3.71. The molecule has 0 bridgehead atoms. The molecule has 0 radical (unpaired) electrons. The molecule has 0 saturated heterocycles. The largest absolute Gasteiger partial charge is 0.492 e. The second kappa shape index (κ2) is 19.7. The first kappa shape index (κ1) is 30.8. The zero-order valence-corrected chi connectivity index (χ0v) is 23.2. The number of carbonyl (C=O) groups is 2. The van der Waals surface area contributed by atoms with Crippen molar-refractivity contribution in [2.75, 3.05) is 39.4 Å². The number of benzene rings is 2. The summed E-state index contributed by atoms with van der Waals surface area (Å²) in [7, 11) is 0. The Morgan fingerprint density at radius 3 is 1.29 bits per heavy atom. The van der Waals surface area contributed by atoms with Crippen molar-refractivity contribution in [2.45, 2.75) is 65.2 Å². The molecular weight excluding hydrogens is 480 g/mol. The van der Waals surface area contributed by atoms with Gasteiger partial charge in [-0.2, -0.15) is 0 Å². The first-order chi connectivity index (χ1) is 18.6. The third-order valence-electron chi connectivity index (χ3n) is 5.97. The highest BCUT2D eigenvalue weighted by Gasteiger charge is 2.02. The number of hydrogen-bond donors (Lipinski definition) is 4. The molecule has 0 atom stereocenters. The van der Waals surface area contributed by atoms with Crippen LogP contribution in [0.15, 0.2) is 48.5 Å². The summed E-state index contributed by atoms with van der Waals surface area (Å²) >= 11 is 0. The van der Waals surface area contributed by atoms with Crippen molar-refractivity contribution >= 4 is 12.1 Å². The van der Waals surface area contributed by atoms with E-state index >= 15 is 0 Å². The number of aryl methyl sites for hydroxylation is 2. The standard InChI is InChI=1S/C30H46N4O4/c1-3-5-9-25-11-15-27(16-12-25)37-23-21-33-29(35)31-19-7-8-20-32-30(36)34-22-24-38-28-17-13-26(14-18-28)10-6-4-2/h11-18H,3-10,19-24H2,1-2H3,(H2,31,33,35)(H2,32,34,36). The molecule has 8 nitrogen and oxygen atoms in total. The summed E-state index contributed by atoms with van der Waals surface area (Å²) in [5, 5.41) is 11.2. The summed E-state index contributed by atoms with van der Waals surface area (Å²) in [4.78, 5) is 23.8. The minimum Gasteiger partial charge on any atom is -0.492 e. The van der Waals surface area contributed by atoms with Crippen LogP contribution in [-0.4, -0.2) is 51.5 Å². The van der Waals surface area contributed by atoms with Crippen LogP contribution in [0.1, 0.15) is 63.5 Å². The van der Waals surface area contributed by atoms with E-state index in [1.807, 2.05) is 24.3 Å². The topological polar surface area (TPSA) is 101 Å². The highest BCUT2D eigenvalue weighted by Crippen LogP contribution is 2.14. The quantitative estimate of drug-likeness (QED) is 0.189. The first-order valence-corrected chi connectivity index (χ1v) is 14.1. The number of urea groups is 2. The molecule has 2 rings (SSSR count). The van der Waals surface area contributed by atoms with Gasteiger partial charge in [0.15, 0.2) is 0 Å². The van der Waals surface area contributed by atoms with Crippen LogP contribution < -0.4 is 30.7 Å². The van der Waals surface area contributed by atoms with E-state index in [4.69, 9.17) is 9.47 Å². The lowest BCUT2D eigenvalue weighted by molar-refractivity contribution is 0.234. The molecule has 210 valence electrons. The van der Waals surface area contributed by atoms with Crippen molar-refractivity contribution < 1.29 is 19.1 Å². The molecule has 2 aromatic rings. The summed E-state index contributed by atoms with van der Waals surface area (Å²) in [5.74, 6) is 1.62. The van der Waals surface area contributed by atoms with Crippen molar-refractivity contribution in [3.63, 3.8) is 0 Å². The maximum Gasteiger partial charge on any atom is 0.314 e. The van der Waals surface area contributed by atoms with Crippen LogP contribution in [0.3, 0.4) is 0 Å². The van der Waals surface area contributed by atoms with Gasteiger partial charge >= 0.3 is 12.1 Å². The van der Waals surface area contributed by atoms with Crippen LogP contribution in [-0.2, 0) is 12.8 Å². The summed E-state index contributed by atoms with van der Waals surface area (Å²) in [6.45, 7) is 7.15. The fraction of sp³-hybridized carbons (Fsp3) is 0.533. The Balaban J connectivity index is 1.40. The van der Waals surface area contributed by atoms with E-state index in [0.29, 0.717) is 39.4 Å². The van der Waals surface area contributed by atoms with Crippen LogP contribution in [0.2, 0.25) is 0 Å². The van der Waals surface area contributed by atoms with Crippen LogP contribution in [0.4, 0.5) is 9.59 Å². The Morgan fingerprint density at radius 1 is 0.553 bits per heavy atom. The first-order valence-electron chi connectivity index (χ1n) is 14.1. The van der Waals surface area contributed by atoms with E-state index < -0.39 is 0 Å². The van der Waals surface area contributed by atoms with Crippen LogP contribution in [0, 0.1) is 0 Å². The zero-order chi connectivity index (χ0) is 27.3. The van der Waals surface area contributed by atoms with E-state index in [1.165, 1.54) is 36.8 Å². The number of ether oxygens (including phenoxy) is 2. The van der Waals surface area contributed by atoms with Crippen molar-refractivity contribution in [1.82, 2.24) is 21.3 Å². The van der Waals surface area contributed by atoms with Gasteiger partial charge < -0.3 is 30.7 Å². The second-order valence-corrected chi connectivity index (χ2v) is 9.26. The van der Waals surface area contributed by atoms with E-state index in [-0.39, 0.29) is 12.1 Å². The van der Waals surface area contributed by atoms with Gasteiger partial charge in [-0.3, -0.25) is 0 Å². The van der Waals surface area contributed by atoms with Gasteiger partial charge in [0.05, 0.1) is 13.1 Å². The molecular formula is C30H46N4O4. The van der Waals surface area contributed by atoms with Crippen molar-refractivity contribution in [1.29, 1.82) is 0 Å². The highest BCUT2D eigenvalue weighted by atomic mass is 16.5. The number of amides is 4. The van der Waals surface area contributed by atoms with Gasteiger partial charge in [0.25, 0.3) is 0 Å². The third-order valence-corrected chi connectivity index (χ3v) is 5.97. The number of unbranched alkanes of at least 4 members (excludes halogenated alkanes) is 3. The maximum atomic E-state index is 11.9. The van der Waals surface area contributed by atoms with Gasteiger partial charge in [-0.05, 0) is 73.9 Å². The molecule has 2 aromatic carbocycles. The van der Waals surface area contributed by atoms with Gasteiger partial charge in [-0.1, -0.05) is 51.0 Å². The van der Waals surface area contributed by atoms with E-state index in [0.717, 1.165) is 37.2 Å². The zero-order valence-electron chi connectivity index (χ0n) is 23.2. The Bertz CT molecular complexity index is 828. The van der Waals surface area contributed by atoms with Crippen LogP contribution in [0.5, 0.6) is 11.5 Å². The Kier molecular flexibility index (Phi) is 15.9. The number of rotatable bonds is 19. The molecule has 0 saturated carbocycles. The molecule has 0 spiro atoms. The van der Waals surface area contributed by atoms with Gasteiger partial charge in [-0.15, -0.1) is 0 Å². The Hall–Kier alpha value is -3.42. The lowest BCUT2D eigenvalue weighted by Gasteiger charge is -2.10. The smallest absolute Gasteiger partial charge is 0.314 e. The van der Waals surface area contributed by atoms with Crippen molar-refractivity contribution in [2.24, 2.45) is 0 Å². The highest BCUT2D eigenvalue weighted by molar-refractivity contribution is 5.74. The Morgan fingerprint density at radius 2 is 0.921 bits per heavy atom. The summed E-state index contributed by atoms with van der Waals surface area (Å²) in [6.07, 6.45) is 8.47. The lowest BCUT2D eigenvalue weighted by atomic mass is 10.1. The van der Waals surface area contributed by atoms with Gasteiger partial charge in [0, 0.05) is 13.1 Å². The molecule has 0 aliphatic rings. The lowest BCUT2D eigenvalue weighted by Crippen LogP contribution is -2.39. The summed E-state index contributed by atoms with van der Waals surface area (Å²) in [5.41, 5.74) is 2.63. The molecule has 8 heteroatoms. The predicted octanol–water partition coefficient (Wildman–Crippen LogP) is 5.21. The van der Waals surface area contributed by atoms with Crippen LogP contribution in [0.25, 0.3) is 0 Å². The van der Waals surface area contributed by atoms with E-state index in [9.17, 15) is 9.59 Å². The molecule has 0 fully saturated rings.